The zero-order valence-electron chi connectivity index (χ0n) is 18.6. The molecule has 3 rings (SSSR count). The van der Waals surface area contributed by atoms with Crippen LogP contribution in [-0.2, 0) is 6.54 Å². The smallest absolute Gasteiger partial charge is 0.191 e. The topological polar surface area (TPSA) is 55.8 Å². The Morgan fingerprint density at radius 3 is 2.47 bits per heavy atom. The molecule has 1 aromatic heterocycles. The van der Waals surface area contributed by atoms with E-state index in [2.05, 4.69) is 81.6 Å². The number of aliphatic imine (C=N–C) groups is 1. The van der Waals surface area contributed by atoms with Gasteiger partial charge in [-0.05, 0) is 31.5 Å². The summed E-state index contributed by atoms with van der Waals surface area (Å²) in [5.41, 5.74) is 3.83. The van der Waals surface area contributed by atoms with Gasteiger partial charge in [-0.1, -0.05) is 42.8 Å². The predicted molar refractivity (Wildman–Crippen MR) is 137 cm³/mol. The fraction of sp³-hybridized carbons (Fsp3) is 0.478. The van der Waals surface area contributed by atoms with Crippen LogP contribution in [0.4, 0.5) is 5.82 Å². The molecule has 0 bridgehead atoms. The molecule has 1 aromatic carbocycles. The molecule has 1 atom stereocenters. The van der Waals surface area contributed by atoms with E-state index in [-0.39, 0.29) is 24.0 Å². The molecule has 2 heterocycles. The summed E-state index contributed by atoms with van der Waals surface area (Å²) in [5.74, 6) is 2.31. The van der Waals surface area contributed by atoms with E-state index >= 15 is 0 Å². The van der Waals surface area contributed by atoms with Gasteiger partial charge >= 0.3 is 0 Å². The molecule has 6 nitrogen and oxygen atoms in total. The van der Waals surface area contributed by atoms with Crippen molar-refractivity contribution in [2.24, 2.45) is 4.99 Å². The van der Waals surface area contributed by atoms with Crippen LogP contribution in [0.2, 0.25) is 0 Å². The normalized spacial score (nSPS) is 16.0. The Bertz CT molecular complexity index is 800. The maximum atomic E-state index is 4.66. The van der Waals surface area contributed by atoms with Gasteiger partial charge in [0.1, 0.15) is 5.82 Å². The molecule has 1 aliphatic rings. The number of guanidine groups is 1. The number of hydrogen-bond acceptors (Lipinski definition) is 4. The van der Waals surface area contributed by atoms with Crippen molar-refractivity contribution < 1.29 is 0 Å². The third kappa shape index (κ3) is 6.84. The van der Waals surface area contributed by atoms with Crippen LogP contribution in [0.5, 0.6) is 0 Å². The number of aromatic nitrogens is 1. The lowest BCUT2D eigenvalue weighted by Crippen LogP contribution is -2.45. The lowest BCUT2D eigenvalue weighted by Gasteiger charge is -2.34. The number of benzene rings is 1. The summed E-state index contributed by atoms with van der Waals surface area (Å²) in [7, 11) is 3.99. The van der Waals surface area contributed by atoms with Crippen molar-refractivity contribution in [3.63, 3.8) is 0 Å². The molecule has 7 heteroatoms. The second-order valence-corrected chi connectivity index (χ2v) is 7.89. The third-order valence-corrected chi connectivity index (χ3v) is 5.56. The molecular weight excluding hydrogens is 487 g/mol. The average molecular weight is 522 g/mol. The van der Waals surface area contributed by atoms with E-state index in [1.54, 1.807) is 0 Å². The minimum Gasteiger partial charge on any atom is -0.356 e. The van der Waals surface area contributed by atoms with Gasteiger partial charge in [0.25, 0.3) is 0 Å². The number of likely N-dealkylation sites (N-methyl/N-ethyl adjacent to an activating group) is 1. The lowest BCUT2D eigenvalue weighted by atomic mass is 10.0. The van der Waals surface area contributed by atoms with Crippen molar-refractivity contribution in [2.45, 2.75) is 26.3 Å². The Hall–Kier alpha value is -1.87. The van der Waals surface area contributed by atoms with Gasteiger partial charge in [-0.2, -0.15) is 0 Å². The van der Waals surface area contributed by atoms with Gasteiger partial charge in [-0.25, -0.2) is 4.98 Å². The first-order valence-corrected chi connectivity index (χ1v) is 10.5. The monoisotopic (exact) mass is 522 g/mol. The van der Waals surface area contributed by atoms with Crippen molar-refractivity contribution in [2.75, 3.05) is 51.7 Å². The van der Waals surface area contributed by atoms with E-state index in [9.17, 15) is 0 Å². The molecule has 1 fully saturated rings. The number of rotatable bonds is 6. The number of pyridine rings is 1. The fourth-order valence-corrected chi connectivity index (χ4v) is 3.53. The van der Waals surface area contributed by atoms with Crippen LogP contribution in [0.25, 0.3) is 0 Å². The molecule has 0 spiro atoms. The van der Waals surface area contributed by atoms with Crippen LogP contribution in [0.1, 0.15) is 29.5 Å². The second kappa shape index (κ2) is 12.1. The molecule has 0 saturated carbocycles. The highest BCUT2D eigenvalue weighted by molar-refractivity contribution is 14.0. The Labute approximate surface area is 198 Å². The van der Waals surface area contributed by atoms with E-state index in [4.69, 9.17) is 0 Å². The van der Waals surface area contributed by atoms with Crippen LogP contribution < -0.4 is 15.5 Å². The second-order valence-electron chi connectivity index (χ2n) is 7.89. The molecule has 1 saturated heterocycles. The quantitative estimate of drug-likeness (QED) is 0.347. The first-order chi connectivity index (χ1) is 14.1. The number of aryl methyl sites for hydroxylation is 1. The van der Waals surface area contributed by atoms with Gasteiger partial charge in [0.2, 0.25) is 0 Å². The highest BCUT2D eigenvalue weighted by Crippen LogP contribution is 2.19. The summed E-state index contributed by atoms with van der Waals surface area (Å²) in [5, 5.41) is 6.91. The summed E-state index contributed by atoms with van der Waals surface area (Å²) in [6.07, 6.45) is 1.88. The van der Waals surface area contributed by atoms with E-state index < -0.39 is 0 Å². The number of hydrogen-bond donors (Lipinski definition) is 2. The molecule has 2 N–H and O–H groups in total. The minimum absolute atomic E-state index is 0. The van der Waals surface area contributed by atoms with Crippen LogP contribution in [-0.4, -0.2) is 62.7 Å². The van der Waals surface area contributed by atoms with Gasteiger partial charge in [-0.3, -0.25) is 4.99 Å². The van der Waals surface area contributed by atoms with Crippen LogP contribution in [0.3, 0.4) is 0 Å². The summed E-state index contributed by atoms with van der Waals surface area (Å²) in [4.78, 5) is 13.8. The van der Waals surface area contributed by atoms with Gasteiger partial charge in [0, 0.05) is 58.1 Å². The van der Waals surface area contributed by atoms with Gasteiger partial charge < -0.3 is 20.4 Å². The average Bonchev–Trinajstić information content (AvgIpc) is 2.75. The molecule has 0 radical (unpaired) electrons. The first-order valence-electron chi connectivity index (χ1n) is 10.5. The van der Waals surface area contributed by atoms with E-state index in [1.165, 1.54) is 16.7 Å². The summed E-state index contributed by atoms with van der Waals surface area (Å²) >= 11 is 0. The Morgan fingerprint density at radius 1 is 1.10 bits per heavy atom. The van der Waals surface area contributed by atoms with E-state index in [1.807, 2.05) is 19.3 Å². The van der Waals surface area contributed by atoms with Gasteiger partial charge in [-0.15, -0.1) is 24.0 Å². The summed E-state index contributed by atoms with van der Waals surface area (Å²) < 4.78 is 0. The number of nitrogens with one attached hydrogen (secondary N) is 2. The van der Waals surface area contributed by atoms with E-state index in [0.29, 0.717) is 12.5 Å². The highest BCUT2D eigenvalue weighted by atomic mass is 127. The first kappa shape index (κ1) is 24.4. The van der Waals surface area contributed by atoms with Gasteiger partial charge in [0.05, 0.1) is 0 Å². The number of piperazine rings is 1. The van der Waals surface area contributed by atoms with Crippen LogP contribution in [0.15, 0.2) is 47.6 Å². The number of nitrogens with zero attached hydrogens (tertiary/aromatic N) is 4. The molecule has 30 heavy (non-hydrogen) atoms. The largest absolute Gasteiger partial charge is 0.356 e. The molecule has 0 amide bonds. The van der Waals surface area contributed by atoms with Crippen molar-refractivity contribution in [3.8, 4) is 0 Å². The molecule has 1 unspecified atom stereocenters. The van der Waals surface area contributed by atoms with Crippen molar-refractivity contribution in [3.05, 3.63) is 59.3 Å². The molecular formula is C23H35IN6. The van der Waals surface area contributed by atoms with Gasteiger partial charge in [0.15, 0.2) is 5.96 Å². The van der Waals surface area contributed by atoms with Crippen LogP contribution >= 0.6 is 24.0 Å². The third-order valence-electron chi connectivity index (χ3n) is 5.56. The van der Waals surface area contributed by atoms with Crippen molar-refractivity contribution >= 4 is 35.8 Å². The van der Waals surface area contributed by atoms with Crippen LogP contribution in [0, 0.1) is 6.92 Å². The summed E-state index contributed by atoms with van der Waals surface area (Å²) in [6.45, 7) is 10.1. The summed E-state index contributed by atoms with van der Waals surface area (Å²) in [6, 6.07) is 12.9. The number of halogens is 1. The molecule has 0 aliphatic carbocycles. The zero-order valence-corrected chi connectivity index (χ0v) is 20.9. The Kier molecular flexibility index (Phi) is 9.84. The predicted octanol–water partition coefficient (Wildman–Crippen LogP) is 3.23. The Morgan fingerprint density at radius 2 is 1.80 bits per heavy atom. The number of anilines is 1. The maximum Gasteiger partial charge on any atom is 0.191 e. The SMILES string of the molecule is CN=C(NCc1cccnc1N1CCN(C)CC1)NCC(C)c1ccc(C)cc1.I. The van der Waals surface area contributed by atoms with Crippen molar-refractivity contribution in [1.82, 2.24) is 20.5 Å². The Balaban J connectivity index is 0.00000320. The maximum absolute atomic E-state index is 4.66. The standard InChI is InChI=1S/C23H34N6.HI/c1-18-7-9-20(10-8-18)19(2)16-26-23(24-3)27-17-21-6-5-11-25-22(21)29-14-12-28(4)13-15-29;/h5-11,19H,12-17H2,1-4H3,(H2,24,26,27);1H. The fourth-order valence-electron chi connectivity index (χ4n) is 3.53. The molecule has 164 valence electrons. The minimum atomic E-state index is 0. The molecule has 1 aliphatic heterocycles. The highest BCUT2D eigenvalue weighted by Gasteiger charge is 2.18. The van der Waals surface area contributed by atoms with Crippen molar-refractivity contribution in [1.29, 1.82) is 0 Å². The molecule has 2 aromatic rings. The lowest BCUT2D eigenvalue weighted by molar-refractivity contribution is 0.312. The zero-order chi connectivity index (χ0) is 20.6. The van der Waals surface area contributed by atoms with E-state index in [0.717, 1.165) is 44.5 Å².